The Hall–Kier alpha value is -2.61. The number of hydrogen-bond acceptors (Lipinski definition) is 2. The van der Waals surface area contributed by atoms with Crippen LogP contribution >= 0.6 is 0 Å². The Kier molecular flexibility index (Phi) is 4.16. The lowest BCUT2D eigenvalue weighted by atomic mass is 9.94. The summed E-state index contributed by atoms with van der Waals surface area (Å²) in [5.41, 5.74) is 3.58. The Labute approximate surface area is 136 Å². The van der Waals surface area contributed by atoms with Gasteiger partial charge in [0.1, 0.15) is 5.75 Å². The summed E-state index contributed by atoms with van der Waals surface area (Å²) in [7, 11) is 0. The maximum Gasteiger partial charge on any atom is 0.163 e. The van der Waals surface area contributed by atoms with E-state index in [1.807, 2.05) is 25.1 Å². The van der Waals surface area contributed by atoms with Crippen LogP contribution in [0.15, 0.2) is 54.6 Å². The molecule has 2 heteroatoms. The fourth-order valence-electron chi connectivity index (χ4n) is 3.12. The van der Waals surface area contributed by atoms with Crippen molar-refractivity contribution in [3.63, 3.8) is 0 Å². The second-order valence-electron chi connectivity index (χ2n) is 6.06. The predicted octanol–water partition coefficient (Wildman–Crippen LogP) is 4.84. The molecule has 0 aliphatic rings. The molecular formula is C21H20O2. The van der Waals surface area contributed by atoms with Crippen molar-refractivity contribution in [2.45, 2.75) is 26.7 Å². The molecule has 23 heavy (non-hydrogen) atoms. The average Bonchev–Trinajstić information content (AvgIpc) is 2.51. The van der Waals surface area contributed by atoms with Crippen LogP contribution < -0.4 is 0 Å². The highest BCUT2D eigenvalue weighted by molar-refractivity contribution is 5.98. The highest BCUT2D eigenvalue weighted by atomic mass is 16.3. The molecule has 0 spiro atoms. The first-order valence-corrected chi connectivity index (χ1v) is 7.85. The standard InChI is InChI=1S/C21H20O2/c1-14-11-19(21(15(2)22)20(23)12-14)10-8-16-7-9-17-5-3-4-6-18(17)13-16/h3-7,9,11-13,23H,8,10H2,1-2H3. The molecule has 1 N–H and O–H groups in total. The van der Waals surface area contributed by atoms with Crippen LogP contribution in [-0.4, -0.2) is 10.9 Å². The lowest BCUT2D eigenvalue weighted by Crippen LogP contribution is -2.03. The molecule has 0 saturated carbocycles. The van der Waals surface area contributed by atoms with Crippen molar-refractivity contribution in [1.29, 1.82) is 0 Å². The molecule has 116 valence electrons. The highest BCUT2D eigenvalue weighted by Gasteiger charge is 2.13. The van der Waals surface area contributed by atoms with Crippen molar-refractivity contribution < 1.29 is 9.90 Å². The minimum absolute atomic E-state index is 0.0870. The molecule has 2 nitrogen and oxygen atoms in total. The lowest BCUT2D eigenvalue weighted by molar-refractivity contribution is 0.101. The maximum atomic E-state index is 11.8. The molecule has 0 radical (unpaired) electrons. The van der Waals surface area contributed by atoms with E-state index in [2.05, 4.69) is 30.3 Å². The Morgan fingerprint density at radius 3 is 2.43 bits per heavy atom. The van der Waals surface area contributed by atoms with Crippen LogP contribution in [0.3, 0.4) is 0 Å². The summed E-state index contributed by atoms with van der Waals surface area (Å²) in [6, 6.07) is 18.4. The van der Waals surface area contributed by atoms with Gasteiger partial charge in [0.15, 0.2) is 5.78 Å². The van der Waals surface area contributed by atoms with E-state index in [1.54, 1.807) is 6.07 Å². The highest BCUT2D eigenvalue weighted by Crippen LogP contribution is 2.26. The van der Waals surface area contributed by atoms with Crippen LogP contribution in [0.2, 0.25) is 0 Å². The van der Waals surface area contributed by atoms with Crippen molar-refractivity contribution in [2.24, 2.45) is 0 Å². The van der Waals surface area contributed by atoms with E-state index in [1.165, 1.54) is 23.3 Å². The number of rotatable bonds is 4. The number of hydrogen-bond donors (Lipinski definition) is 1. The Bertz CT molecular complexity index is 878. The van der Waals surface area contributed by atoms with Gasteiger partial charge in [-0.15, -0.1) is 0 Å². The lowest BCUT2D eigenvalue weighted by Gasteiger charge is -2.11. The third-order valence-corrected chi connectivity index (χ3v) is 4.19. The van der Waals surface area contributed by atoms with E-state index < -0.39 is 0 Å². The van der Waals surface area contributed by atoms with Gasteiger partial charge in [-0.05, 0) is 60.2 Å². The second-order valence-corrected chi connectivity index (χ2v) is 6.06. The Balaban J connectivity index is 1.88. The third kappa shape index (κ3) is 3.26. The maximum absolute atomic E-state index is 11.8. The normalized spacial score (nSPS) is 10.9. The van der Waals surface area contributed by atoms with Crippen LogP contribution in [0, 0.1) is 6.92 Å². The van der Waals surface area contributed by atoms with Crippen molar-refractivity contribution >= 4 is 16.6 Å². The zero-order chi connectivity index (χ0) is 16.4. The van der Waals surface area contributed by atoms with E-state index in [4.69, 9.17) is 0 Å². The van der Waals surface area contributed by atoms with Crippen LogP contribution in [0.1, 0.15) is 34.0 Å². The van der Waals surface area contributed by atoms with E-state index in [0.717, 1.165) is 24.0 Å². The van der Waals surface area contributed by atoms with Gasteiger partial charge in [-0.3, -0.25) is 4.79 Å². The number of Topliss-reactive ketones (excluding diaryl/α,β-unsaturated/α-hetero) is 1. The third-order valence-electron chi connectivity index (χ3n) is 4.19. The average molecular weight is 304 g/mol. The molecule has 3 rings (SSSR count). The van der Waals surface area contributed by atoms with E-state index in [-0.39, 0.29) is 11.5 Å². The molecule has 0 fully saturated rings. The van der Waals surface area contributed by atoms with Gasteiger partial charge in [-0.2, -0.15) is 0 Å². The molecule has 0 aliphatic carbocycles. The van der Waals surface area contributed by atoms with Gasteiger partial charge in [-0.1, -0.05) is 48.5 Å². The summed E-state index contributed by atoms with van der Waals surface area (Å²) in [6.07, 6.45) is 1.58. The van der Waals surface area contributed by atoms with Crippen molar-refractivity contribution in [3.05, 3.63) is 76.9 Å². The second kappa shape index (κ2) is 6.25. The molecular weight excluding hydrogens is 284 g/mol. The fraction of sp³-hybridized carbons (Fsp3) is 0.190. The first-order chi connectivity index (χ1) is 11.0. The Morgan fingerprint density at radius 2 is 1.70 bits per heavy atom. The summed E-state index contributed by atoms with van der Waals surface area (Å²) in [5, 5.41) is 12.5. The molecule has 0 amide bonds. The van der Waals surface area contributed by atoms with Crippen LogP contribution in [0.4, 0.5) is 0 Å². The number of aromatic hydroxyl groups is 1. The summed E-state index contributed by atoms with van der Waals surface area (Å²) < 4.78 is 0. The minimum atomic E-state index is -0.0870. The van der Waals surface area contributed by atoms with Crippen molar-refractivity contribution in [1.82, 2.24) is 0 Å². The number of benzene rings is 3. The molecule has 3 aromatic carbocycles. The predicted molar refractivity (Wildman–Crippen MR) is 94.2 cm³/mol. The molecule has 0 atom stereocenters. The van der Waals surface area contributed by atoms with Crippen molar-refractivity contribution in [3.8, 4) is 5.75 Å². The number of aryl methyl sites for hydroxylation is 3. The van der Waals surface area contributed by atoms with Crippen molar-refractivity contribution in [2.75, 3.05) is 0 Å². The first-order valence-electron chi connectivity index (χ1n) is 7.85. The SMILES string of the molecule is CC(=O)c1c(O)cc(C)cc1CCc1ccc2ccccc2c1. The molecule has 0 aromatic heterocycles. The number of phenols is 1. The zero-order valence-electron chi connectivity index (χ0n) is 13.5. The summed E-state index contributed by atoms with van der Waals surface area (Å²) in [5.74, 6) is 0.00187. The quantitative estimate of drug-likeness (QED) is 0.700. The van der Waals surface area contributed by atoms with Gasteiger partial charge in [0.25, 0.3) is 0 Å². The largest absolute Gasteiger partial charge is 0.507 e. The number of carbonyl (C=O) groups is 1. The fourth-order valence-corrected chi connectivity index (χ4v) is 3.12. The zero-order valence-corrected chi connectivity index (χ0v) is 13.5. The smallest absolute Gasteiger partial charge is 0.163 e. The molecule has 0 bridgehead atoms. The van der Waals surface area contributed by atoms with E-state index >= 15 is 0 Å². The summed E-state index contributed by atoms with van der Waals surface area (Å²) >= 11 is 0. The summed E-state index contributed by atoms with van der Waals surface area (Å²) in [6.45, 7) is 3.44. The number of fused-ring (bicyclic) bond motifs is 1. The topological polar surface area (TPSA) is 37.3 Å². The molecule has 0 unspecified atom stereocenters. The van der Waals surface area contributed by atoms with Crippen LogP contribution in [-0.2, 0) is 12.8 Å². The summed E-state index contributed by atoms with van der Waals surface area (Å²) in [4.78, 5) is 11.8. The van der Waals surface area contributed by atoms with Crippen LogP contribution in [0.5, 0.6) is 5.75 Å². The van der Waals surface area contributed by atoms with Gasteiger partial charge in [0.2, 0.25) is 0 Å². The number of carbonyl (C=O) groups excluding carboxylic acids is 1. The van der Waals surface area contributed by atoms with Crippen LogP contribution in [0.25, 0.3) is 10.8 Å². The first kappa shape index (κ1) is 15.3. The number of ketones is 1. The van der Waals surface area contributed by atoms with E-state index in [0.29, 0.717) is 5.56 Å². The van der Waals surface area contributed by atoms with Gasteiger partial charge in [-0.25, -0.2) is 0 Å². The molecule has 3 aromatic rings. The van der Waals surface area contributed by atoms with E-state index in [9.17, 15) is 9.90 Å². The molecule has 0 saturated heterocycles. The Morgan fingerprint density at radius 1 is 0.957 bits per heavy atom. The number of phenolic OH excluding ortho intramolecular Hbond substituents is 1. The van der Waals surface area contributed by atoms with Gasteiger partial charge >= 0.3 is 0 Å². The molecule has 0 heterocycles. The van der Waals surface area contributed by atoms with Gasteiger partial charge < -0.3 is 5.11 Å². The molecule has 0 aliphatic heterocycles. The van der Waals surface area contributed by atoms with Gasteiger partial charge in [0, 0.05) is 0 Å². The minimum Gasteiger partial charge on any atom is -0.507 e. The monoisotopic (exact) mass is 304 g/mol. The van der Waals surface area contributed by atoms with Gasteiger partial charge in [0.05, 0.1) is 5.56 Å².